The molecule has 0 aromatic rings. The Labute approximate surface area is 122 Å². The van der Waals surface area contributed by atoms with Gasteiger partial charge in [-0.05, 0) is 56.9 Å². The largest absolute Gasteiger partial charge is 0.314 e. The molecule has 0 spiro atoms. The lowest BCUT2D eigenvalue weighted by Gasteiger charge is -2.32. The Hall–Kier alpha value is -0.390. The molecule has 4 nitrogen and oxygen atoms in total. The van der Waals surface area contributed by atoms with Crippen LogP contribution < -0.4 is 5.32 Å². The molecule has 0 amide bonds. The summed E-state index contributed by atoms with van der Waals surface area (Å²) in [6, 6.07) is 0.501. The maximum Gasteiger partial charge on any atom is 0.213 e. The van der Waals surface area contributed by atoms with E-state index in [2.05, 4.69) is 17.5 Å². The summed E-state index contributed by atoms with van der Waals surface area (Å²) in [5.74, 6) is 2.67. The van der Waals surface area contributed by atoms with Gasteiger partial charge >= 0.3 is 0 Å². The highest BCUT2D eigenvalue weighted by Gasteiger charge is 2.35. The topological polar surface area (TPSA) is 49.4 Å². The second kappa shape index (κ2) is 5.78. The van der Waals surface area contributed by atoms with E-state index >= 15 is 0 Å². The molecular formula is C15H26N2O2S. The van der Waals surface area contributed by atoms with Crippen LogP contribution in [0.25, 0.3) is 0 Å². The maximum absolute atomic E-state index is 11.8. The van der Waals surface area contributed by atoms with Gasteiger partial charge in [-0.1, -0.05) is 12.2 Å². The minimum Gasteiger partial charge on any atom is -0.314 e. The highest BCUT2D eigenvalue weighted by atomic mass is 32.2. The molecule has 114 valence electrons. The summed E-state index contributed by atoms with van der Waals surface area (Å²) >= 11 is 0. The molecule has 1 saturated carbocycles. The van der Waals surface area contributed by atoms with E-state index in [1.54, 1.807) is 11.2 Å². The van der Waals surface area contributed by atoms with Crippen molar-refractivity contribution < 1.29 is 8.42 Å². The fourth-order valence-electron chi connectivity index (χ4n) is 3.97. The molecule has 20 heavy (non-hydrogen) atoms. The summed E-state index contributed by atoms with van der Waals surface area (Å²) in [5.41, 5.74) is 0. The molecule has 0 aromatic heterocycles. The molecule has 1 saturated heterocycles. The van der Waals surface area contributed by atoms with Crippen LogP contribution in [-0.2, 0) is 10.0 Å². The first kappa shape index (κ1) is 14.5. The Morgan fingerprint density at radius 2 is 1.95 bits per heavy atom. The molecule has 1 aliphatic heterocycles. The number of piperidine rings is 1. The predicted octanol–water partition coefficient (Wildman–Crippen LogP) is 1.60. The Bertz CT molecular complexity index is 466. The van der Waals surface area contributed by atoms with E-state index in [0.29, 0.717) is 19.1 Å². The van der Waals surface area contributed by atoms with Crippen LogP contribution in [0.15, 0.2) is 12.2 Å². The molecule has 0 radical (unpaired) electrons. The summed E-state index contributed by atoms with van der Waals surface area (Å²) in [5, 5.41) is 3.68. The molecular weight excluding hydrogens is 272 g/mol. The van der Waals surface area contributed by atoms with Crippen molar-refractivity contribution in [3.63, 3.8) is 0 Å². The number of hydrogen-bond acceptors (Lipinski definition) is 3. The molecule has 2 fully saturated rings. The standard InChI is InChI=1S/C15H26N2O2S/c1-2-20(18,19)17-7-5-15(6-8-17)16-11-14-10-12-3-4-13(14)9-12/h3-4,12-16H,2,5-11H2,1H3. The lowest BCUT2D eigenvalue weighted by Crippen LogP contribution is -2.46. The zero-order valence-electron chi connectivity index (χ0n) is 12.3. The van der Waals surface area contributed by atoms with Crippen molar-refractivity contribution >= 4 is 10.0 Å². The molecule has 1 N–H and O–H groups in total. The number of hydrogen-bond donors (Lipinski definition) is 1. The molecule has 3 unspecified atom stereocenters. The SMILES string of the molecule is CCS(=O)(=O)N1CCC(NCC2CC3C=CC2C3)CC1. The van der Waals surface area contributed by atoms with Crippen LogP contribution in [-0.4, -0.2) is 44.2 Å². The highest BCUT2D eigenvalue weighted by Crippen LogP contribution is 2.43. The smallest absolute Gasteiger partial charge is 0.213 e. The third-order valence-corrected chi connectivity index (χ3v) is 7.18. The van der Waals surface area contributed by atoms with Gasteiger partial charge in [0.25, 0.3) is 0 Å². The van der Waals surface area contributed by atoms with Gasteiger partial charge in [-0.3, -0.25) is 0 Å². The van der Waals surface area contributed by atoms with Gasteiger partial charge in [-0.25, -0.2) is 12.7 Å². The van der Waals surface area contributed by atoms with E-state index in [9.17, 15) is 8.42 Å². The lowest BCUT2D eigenvalue weighted by molar-refractivity contribution is 0.274. The molecule has 3 aliphatic rings. The molecule has 2 aliphatic carbocycles. The molecule has 3 atom stereocenters. The van der Waals surface area contributed by atoms with Crippen LogP contribution >= 0.6 is 0 Å². The molecule has 3 rings (SSSR count). The number of sulfonamides is 1. The first-order valence-corrected chi connectivity index (χ1v) is 9.59. The second-order valence-electron chi connectivity index (χ2n) is 6.52. The van der Waals surface area contributed by atoms with Crippen LogP contribution in [0, 0.1) is 17.8 Å². The third-order valence-electron chi connectivity index (χ3n) is 5.30. The summed E-state index contributed by atoms with van der Waals surface area (Å²) in [4.78, 5) is 0. The van der Waals surface area contributed by atoms with Gasteiger partial charge in [0.2, 0.25) is 10.0 Å². The number of nitrogens with zero attached hydrogens (tertiary/aromatic N) is 1. The Morgan fingerprint density at radius 3 is 2.50 bits per heavy atom. The third kappa shape index (κ3) is 2.95. The zero-order valence-corrected chi connectivity index (χ0v) is 13.1. The molecule has 1 heterocycles. The van der Waals surface area contributed by atoms with Gasteiger partial charge in [0.15, 0.2) is 0 Å². The van der Waals surface area contributed by atoms with E-state index in [-0.39, 0.29) is 5.75 Å². The minimum absolute atomic E-state index is 0.225. The van der Waals surface area contributed by atoms with Crippen molar-refractivity contribution in [2.75, 3.05) is 25.4 Å². The first-order chi connectivity index (χ1) is 9.58. The maximum atomic E-state index is 11.8. The number of fused-ring (bicyclic) bond motifs is 2. The summed E-state index contributed by atoms with van der Waals surface area (Å²) in [6.07, 6.45) is 9.40. The number of nitrogens with one attached hydrogen (secondary N) is 1. The van der Waals surface area contributed by atoms with Gasteiger partial charge in [0, 0.05) is 19.1 Å². The van der Waals surface area contributed by atoms with Crippen LogP contribution in [0.3, 0.4) is 0 Å². The average molecular weight is 298 g/mol. The van der Waals surface area contributed by atoms with Gasteiger partial charge < -0.3 is 5.32 Å². The van der Waals surface area contributed by atoms with Gasteiger partial charge in [0.05, 0.1) is 5.75 Å². The summed E-state index contributed by atoms with van der Waals surface area (Å²) in [6.45, 7) is 4.20. The normalized spacial score (nSPS) is 35.0. The highest BCUT2D eigenvalue weighted by molar-refractivity contribution is 7.89. The van der Waals surface area contributed by atoms with E-state index in [0.717, 1.165) is 37.1 Å². The number of rotatable bonds is 5. The quantitative estimate of drug-likeness (QED) is 0.784. The summed E-state index contributed by atoms with van der Waals surface area (Å²) < 4.78 is 25.3. The Morgan fingerprint density at radius 1 is 1.20 bits per heavy atom. The van der Waals surface area contributed by atoms with Crippen molar-refractivity contribution in [3.05, 3.63) is 12.2 Å². The van der Waals surface area contributed by atoms with Crippen LogP contribution in [0.1, 0.15) is 32.6 Å². The Balaban J connectivity index is 1.42. The van der Waals surface area contributed by atoms with E-state index in [1.807, 2.05) is 0 Å². The zero-order chi connectivity index (χ0) is 14.2. The lowest BCUT2D eigenvalue weighted by atomic mass is 9.93. The molecule has 2 bridgehead atoms. The van der Waals surface area contributed by atoms with Crippen LogP contribution in [0.4, 0.5) is 0 Å². The van der Waals surface area contributed by atoms with Crippen molar-refractivity contribution in [1.29, 1.82) is 0 Å². The molecule has 0 aromatic carbocycles. The fraction of sp³-hybridized carbons (Fsp3) is 0.867. The minimum atomic E-state index is -2.99. The van der Waals surface area contributed by atoms with Crippen LogP contribution in [0.5, 0.6) is 0 Å². The monoisotopic (exact) mass is 298 g/mol. The van der Waals surface area contributed by atoms with Gasteiger partial charge in [-0.15, -0.1) is 0 Å². The number of allylic oxidation sites excluding steroid dienone is 2. The van der Waals surface area contributed by atoms with Gasteiger partial charge in [0.1, 0.15) is 0 Å². The second-order valence-corrected chi connectivity index (χ2v) is 8.78. The van der Waals surface area contributed by atoms with Crippen molar-refractivity contribution in [2.24, 2.45) is 17.8 Å². The van der Waals surface area contributed by atoms with Gasteiger partial charge in [-0.2, -0.15) is 0 Å². The average Bonchev–Trinajstić information content (AvgIpc) is 3.08. The molecule has 5 heteroatoms. The van der Waals surface area contributed by atoms with Crippen molar-refractivity contribution in [3.8, 4) is 0 Å². The Kier molecular flexibility index (Phi) is 4.20. The first-order valence-electron chi connectivity index (χ1n) is 7.98. The predicted molar refractivity (Wildman–Crippen MR) is 80.9 cm³/mol. The van der Waals surface area contributed by atoms with Crippen LogP contribution in [0.2, 0.25) is 0 Å². The van der Waals surface area contributed by atoms with Crippen molar-refractivity contribution in [1.82, 2.24) is 9.62 Å². The van der Waals surface area contributed by atoms with E-state index in [4.69, 9.17) is 0 Å². The van der Waals surface area contributed by atoms with E-state index in [1.165, 1.54) is 12.8 Å². The fourth-order valence-corrected chi connectivity index (χ4v) is 5.10. The van der Waals surface area contributed by atoms with E-state index < -0.39 is 10.0 Å². The van der Waals surface area contributed by atoms with Crippen molar-refractivity contribution in [2.45, 2.75) is 38.6 Å². The summed E-state index contributed by atoms with van der Waals surface area (Å²) in [7, 11) is -2.99.